The molecule has 0 radical (unpaired) electrons. The van der Waals surface area contributed by atoms with Crippen molar-refractivity contribution in [1.82, 2.24) is 9.97 Å². The van der Waals surface area contributed by atoms with E-state index in [0.29, 0.717) is 13.2 Å². The Hall–Kier alpha value is -2.14. The Morgan fingerprint density at radius 2 is 1.62 bits per heavy atom. The Bertz CT molecular complexity index is 506. The summed E-state index contributed by atoms with van der Waals surface area (Å²) in [5, 5.41) is 0. The van der Waals surface area contributed by atoms with Crippen LogP contribution < -0.4 is 15.2 Å². The highest BCUT2D eigenvalue weighted by atomic mass is 16.5. The van der Waals surface area contributed by atoms with E-state index in [1.54, 1.807) is 36.9 Å². The predicted octanol–water partition coefficient (Wildman–Crippen LogP) is 2.60. The summed E-state index contributed by atoms with van der Waals surface area (Å²) >= 11 is 0. The van der Waals surface area contributed by atoms with Gasteiger partial charge in [-0.2, -0.15) is 0 Å². The second-order valence-electron chi connectivity index (χ2n) is 4.26. The number of pyridine rings is 2. The number of hydrogen-bond acceptors (Lipinski definition) is 5. The Kier molecular flexibility index (Phi) is 7.82. The summed E-state index contributed by atoms with van der Waals surface area (Å²) in [4.78, 5) is 7.97. The van der Waals surface area contributed by atoms with Gasteiger partial charge in [0.1, 0.15) is 24.7 Å². The van der Waals surface area contributed by atoms with E-state index in [4.69, 9.17) is 15.2 Å². The zero-order chi connectivity index (χ0) is 15.5. The first-order valence-corrected chi connectivity index (χ1v) is 7.07. The SMILES string of the molecule is CC.Cc1cncc(OCC(N)COc2ccncc2)c1. The zero-order valence-electron chi connectivity index (χ0n) is 12.8. The minimum absolute atomic E-state index is 0.200. The molecular weight excluding hydrogens is 266 g/mol. The van der Waals surface area contributed by atoms with Crippen molar-refractivity contribution >= 4 is 0 Å². The summed E-state index contributed by atoms with van der Waals surface area (Å²) in [6.45, 7) is 6.74. The van der Waals surface area contributed by atoms with Crippen LogP contribution in [0.25, 0.3) is 0 Å². The van der Waals surface area contributed by atoms with Gasteiger partial charge in [-0.15, -0.1) is 0 Å². The molecule has 0 saturated carbocycles. The zero-order valence-corrected chi connectivity index (χ0v) is 12.8. The fourth-order valence-electron chi connectivity index (χ4n) is 1.50. The topological polar surface area (TPSA) is 70.3 Å². The summed E-state index contributed by atoms with van der Waals surface area (Å²) < 4.78 is 11.1. The van der Waals surface area contributed by atoms with Gasteiger partial charge in [-0.1, -0.05) is 13.8 Å². The first-order chi connectivity index (χ1) is 10.2. The molecule has 21 heavy (non-hydrogen) atoms. The summed E-state index contributed by atoms with van der Waals surface area (Å²) in [7, 11) is 0. The Morgan fingerprint density at radius 1 is 1.00 bits per heavy atom. The molecule has 2 heterocycles. The van der Waals surface area contributed by atoms with E-state index < -0.39 is 0 Å². The average Bonchev–Trinajstić information content (AvgIpc) is 2.54. The van der Waals surface area contributed by atoms with Gasteiger partial charge in [0.2, 0.25) is 0 Å². The highest BCUT2D eigenvalue weighted by Gasteiger charge is 2.05. The van der Waals surface area contributed by atoms with Crippen LogP contribution in [0, 0.1) is 6.92 Å². The minimum Gasteiger partial charge on any atom is -0.492 e. The van der Waals surface area contributed by atoms with E-state index in [1.807, 2.05) is 26.8 Å². The molecule has 0 saturated heterocycles. The summed E-state index contributed by atoms with van der Waals surface area (Å²) in [5.74, 6) is 1.47. The van der Waals surface area contributed by atoms with Crippen molar-refractivity contribution in [2.45, 2.75) is 26.8 Å². The lowest BCUT2D eigenvalue weighted by Crippen LogP contribution is -2.34. The molecule has 5 nitrogen and oxygen atoms in total. The first kappa shape index (κ1) is 16.9. The molecule has 0 amide bonds. The molecule has 0 spiro atoms. The van der Waals surface area contributed by atoms with Crippen LogP contribution in [0.2, 0.25) is 0 Å². The monoisotopic (exact) mass is 289 g/mol. The third-order valence-electron chi connectivity index (χ3n) is 2.43. The first-order valence-electron chi connectivity index (χ1n) is 7.07. The van der Waals surface area contributed by atoms with Crippen molar-refractivity contribution in [1.29, 1.82) is 0 Å². The summed E-state index contributed by atoms with van der Waals surface area (Å²) in [6, 6.07) is 5.30. The van der Waals surface area contributed by atoms with E-state index in [-0.39, 0.29) is 6.04 Å². The molecule has 5 heteroatoms. The van der Waals surface area contributed by atoms with Crippen LogP contribution in [0.1, 0.15) is 19.4 Å². The molecule has 0 bridgehead atoms. The van der Waals surface area contributed by atoms with Crippen LogP contribution in [-0.2, 0) is 0 Å². The molecule has 2 aromatic heterocycles. The third-order valence-corrected chi connectivity index (χ3v) is 2.43. The largest absolute Gasteiger partial charge is 0.492 e. The van der Waals surface area contributed by atoms with E-state index in [0.717, 1.165) is 17.1 Å². The lowest BCUT2D eigenvalue weighted by molar-refractivity contribution is 0.220. The lowest BCUT2D eigenvalue weighted by Gasteiger charge is -2.14. The van der Waals surface area contributed by atoms with Gasteiger partial charge in [0.15, 0.2) is 0 Å². The number of rotatable bonds is 6. The average molecular weight is 289 g/mol. The van der Waals surface area contributed by atoms with Crippen LogP contribution >= 0.6 is 0 Å². The normalized spacial score (nSPS) is 11.0. The second-order valence-corrected chi connectivity index (χ2v) is 4.26. The molecular formula is C16H23N3O2. The summed E-state index contributed by atoms with van der Waals surface area (Å²) in [5.41, 5.74) is 6.98. The van der Waals surface area contributed by atoms with Gasteiger partial charge in [-0.05, 0) is 30.7 Å². The molecule has 114 valence electrons. The quantitative estimate of drug-likeness (QED) is 0.885. The van der Waals surface area contributed by atoms with Crippen LogP contribution in [0.3, 0.4) is 0 Å². The number of aryl methyl sites for hydroxylation is 1. The molecule has 0 aromatic carbocycles. The Morgan fingerprint density at radius 3 is 2.24 bits per heavy atom. The Balaban J connectivity index is 0.00000106. The van der Waals surface area contributed by atoms with Crippen LogP contribution in [0.15, 0.2) is 43.0 Å². The van der Waals surface area contributed by atoms with E-state index in [1.165, 1.54) is 0 Å². The number of hydrogen-bond donors (Lipinski definition) is 1. The molecule has 1 unspecified atom stereocenters. The van der Waals surface area contributed by atoms with Gasteiger partial charge < -0.3 is 15.2 Å². The fraction of sp³-hybridized carbons (Fsp3) is 0.375. The summed E-state index contributed by atoms with van der Waals surface area (Å²) in [6.07, 6.45) is 6.80. The predicted molar refractivity (Wildman–Crippen MR) is 83.5 cm³/mol. The van der Waals surface area contributed by atoms with Crippen LogP contribution in [-0.4, -0.2) is 29.2 Å². The number of nitrogens with two attached hydrogens (primary N) is 1. The maximum absolute atomic E-state index is 5.92. The van der Waals surface area contributed by atoms with Crippen molar-refractivity contribution < 1.29 is 9.47 Å². The second kappa shape index (κ2) is 9.72. The van der Waals surface area contributed by atoms with Gasteiger partial charge in [0, 0.05) is 18.6 Å². The van der Waals surface area contributed by atoms with Crippen LogP contribution in [0.4, 0.5) is 0 Å². The van der Waals surface area contributed by atoms with Crippen molar-refractivity contribution in [3.05, 3.63) is 48.5 Å². The smallest absolute Gasteiger partial charge is 0.137 e. The maximum atomic E-state index is 5.92. The van der Waals surface area contributed by atoms with Gasteiger partial charge in [-0.25, -0.2) is 0 Å². The van der Waals surface area contributed by atoms with Gasteiger partial charge in [-0.3, -0.25) is 9.97 Å². The van der Waals surface area contributed by atoms with Crippen molar-refractivity contribution in [3.63, 3.8) is 0 Å². The van der Waals surface area contributed by atoms with E-state index >= 15 is 0 Å². The van der Waals surface area contributed by atoms with Crippen LogP contribution in [0.5, 0.6) is 11.5 Å². The van der Waals surface area contributed by atoms with Gasteiger partial charge in [0.25, 0.3) is 0 Å². The Labute approximate surface area is 126 Å². The van der Waals surface area contributed by atoms with Crippen molar-refractivity contribution in [2.24, 2.45) is 5.73 Å². The maximum Gasteiger partial charge on any atom is 0.137 e. The van der Waals surface area contributed by atoms with Gasteiger partial charge in [0.05, 0.1) is 12.2 Å². The number of nitrogens with zero attached hydrogens (tertiary/aromatic N) is 2. The van der Waals surface area contributed by atoms with E-state index in [2.05, 4.69) is 9.97 Å². The standard InChI is InChI=1S/C14H17N3O2.C2H6/c1-11-6-14(8-17-7-11)19-10-12(15)9-18-13-2-4-16-5-3-13;1-2/h2-8,12H,9-10,15H2,1H3;1-2H3. The highest BCUT2D eigenvalue weighted by molar-refractivity contribution is 5.22. The highest BCUT2D eigenvalue weighted by Crippen LogP contribution is 2.11. The molecule has 2 N–H and O–H groups in total. The lowest BCUT2D eigenvalue weighted by atomic mass is 10.3. The van der Waals surface area contributed by atoms with Crippen molar-refractivity contribution in [3.8, 4) is 11.5 Å². The number of ether oxygens (including phenoxy) is 2. The third kappa shape index (κ3) is 6.72. The fourth-order valence-corrected chi connectivity index (χ4v) is 1.50. The molecule has 2 rings (SSSR count). The molecule has 0 fully saturated rings. The molecule has 0 aliphatic carbocycles. The number of aromatic nitrogens is 2. The van der Waals surface area contributed by atoms with E-state index in [9.17, 15) is 0 Å². The van der Waals surface area contributed by atoms with Gasteiger partial charge >= 0.3 is 0 Å². The molecule has 0 aliphatic heterocycles. The molecule has 1 atom stereocenters. The minimum atomic E-state index is -0.200. The molecule has 0 aliphatic rings. The molecule has 2 aromatic rings. The van der Waals surface area contributed by atoms with Crippen molar-refractivity contribution in [2.75, 3.05) is 13.2 Å².